The summed E-state index contributed by atoms with van der Waals surface area (Å²) in [6.45, 7) is 9.14. The number of nitrogens with zero attached hydrogens (tertiary/aromatic N) is 1. The molecule has 6 heterocycles. The standard InChI is InChI=1S/C27H31N3O4/c1-24(2)11-9-14-16(34-24)8-7-15-18-20(28-19(14)15)25(3,4)17-13-26-10-6-12-30(26)23(32)27(17,21(18)33-5)29-22(26)31/h7-9,11,17,21,28H,6,10,12-13H2,1-5H3,(H,29,31)/t17-,21-,26-,27+/m0/s1. The lowest BCUT2D eigenvalue weighted by atomic mass is 9.50. The van der Waals surface area contributed by atoms with Crippen molar-refractivity contribution >= 4 is 28.8 Å². The molecule has 7 heteroatoms. The van der Waals surface area contributed by atoms with Gasteiger partial charge in [0, 0.05) is 47.2 Å². The summed E-state index contributed by atoms with van der Waals surface area (Å²) in [5.74, 6) is 0.763. The van der Waals surface area contributed by atoms with Crippen LogP contribution in [0.2, 0.25) is 0 Å². The third-order valence-electron chi connectivity index (χ3n) is 9.39. The van der Waals surface area contributed by atoms with Gasteiger partial charge in [0.05, 0.1) is 5.52 Å². The van der Waals surface area contributed by atoms with E-state index in [1.807, 2.05) is 24.8 Å². The topological polar surface area (TPSA) is 83.7 Å². The molecule has 7 nitrogen and oxygen atoms in total. The maximum Gasteiger partial charge on any atom is 0.252 e. The minimum absolute atomic E-state index is 0.0158. The van der Waals surface area contributed by atoms with Crippen molar-refractivity contribution in [3.63, 3.8) is 0 Å². The van der Waals surface area contributed by atoms with E-state index < -0.39 is 17.2 Å². The van der Waals surface area contributed by atoms with Crippen LogP contribution < -0.4 is 10.1 Å². The summed E-state index contributed by atoms with van der Waals surface area (Å²) in [5.41, 5.74) is 1.50. The number of carbonyl (C=O) groups is 2. The highest BCUT2D eigenvalue weighted by atomic mass is 16.5. The Morgan fingerprint density at radius 2 is 1.97 bits per heavy atom. The number of methoxy groups -OCH3 is 1. The van der Waals surface area contributed by atoms with E-state index >= 15 is 0 Å². The average molecular weight is 462 g/mol. The fraction of sp³-hybridized carbons (Fsp3) is 0.556. The molecular formula is C27H31N3O4. The Labute approximate surface area is 198 Å². The summed E-state index contributed by atoms with van der Waals surface area (Å²) in [6.07, 6.45) is 5.88. The van der Waals surface area contributed by atoms with Gasteiger partial charge in [-0.15, -0.1) is 0 Å². The number of hydrogen-bond acceptors (Lipinski definition) is 4. The zero-order valence-corrected chi connectivity index (χ0v) is 20.4. The van der Waals surface area contributed by atoms with Crippen molar-refractivity contribution in [2.45, 2.75) is 75.2 Å². The van der Waals surface area contributed by atoms with Crippen molar-refractivity contribution in [1.82, 2.24) is 15.2 Å². The van der Waals surface area contributed by atoms with Crippen LogP contribution in [0, 0.1) is 5.92 Å². The van der Waals surface area contributed by atoms with Crippen molar-refractivity contribution in [2.75, 3.05) is 13.7 Å². The third kappa shape index (κ3) is 2.06. The number of benzene rings is 1. The lowest BCUT2D eigenvalue weighted by Gasteiger charge is -2.65. The number of amides is 2. The van der Waals surface area contributed by atoms with E-state index in [0.29, 0.717) is 13.0 Å². The SMILES string of the molecule is CO[C@H]1c2c([nH]c3c4c(ccc23)OC(C)(C)C=C4)C(C)(C)[C@@H]2C[C@]34CCCN3C(=O)[C@]12NC4=O. The molecule has 0 radical (unpaired) electrons. The van der Waals surface area contributed by atoms with Gasteiger partial charge in [0.2, 0.25) is 5.91 Å². The Bertz CT molecular complexity index is 1340. The van der Waals surface area contributed by atoms with Gasteiger partial charge >= 0.3 is 0 Å². The van der Waals surface area contributed by atoms with Crippen molar-refractivity contribution in [3.8, 4) is 5.75 Å². The van der Waals surface area contributed by atoms with Crippen LogP contribution in [0.15, 0.2) is 18.2 Å². The van der Waals surface area contributed by atoms with Crippen molar-refractivity contribution in [3.05, 3.63) is 35.0 Å². The molecule has 2 amide bonds. The fourth-order valence-corrected chi connectivity index (χ4v) is 7.84. The van der Waals surface area contributed by atoms with E-state index in [4.69, 9.17) is 9.47 Å². The summed E-state index contributed by atoms with van der Waals surface area (Å²) in [4.78, 5) is 33.3. The van der Waals surface area contributed by atoms with E-state index in [0.717, 1.165) is 46.3 Å². The molecule has 1 aromatic carbocycles. The van der Waals surface area contributed by atoms with Crippen LogP contribution in [-0.4, -0.2) is 52.0 Å². The average Bonchev–Trinajstić information content (AvgIpc) is 3.38. The summed E-state index contributed by atoms with van der Waals surface area (Å²) in [6, 6.07) is 4.07. The van der Waals surface area contributed by atoms with Gasteiger partial charge in [0.25, 0.3) is 5.91 Å². The Hall–Kier alpha value is -2.80. The smallest absolute Gasteiger partial charge is 0.252 e. The number of fused-ring (bicyclic) bond motifs is 6. The Morgan fingerprint density at radius 1 is 1.18 bits per heavy atom. The molecule has 2 bridgehead atoms. The zero-order chi connectivity index (χ0) is 23.8. The molecular weight excluding hydrogens is 430 g/mol. The van der Waals surface area contributed by atoms with Crippen LogP contribution in [0.3, 0.4) is 0 Å². The molecule has 1 aromatic heterocycles. The monoisotopic (exact) mass is 461 g/mol. The van der Waals surface area contributed by atoms with Crippen LogP contribution in [0.1, 0.15) is 69.9 Å². The molecule has 4 fully saturated rings. The van der Waals surface area contributed by atoms with Crippen LogP contribution in [0.25, 0.3) is 17.0 Å². The second kappa shape index (κ2) is 5.88. The van der Waals surface area contributed by atoms with E-state index in [1.54, 1.807) is 7.11 Å². The van der Waals surface area contributed by atoms with Gasteiger partial charge in [-0.1, -0.05) is 13.8 Å². The molecule has 0 saturated carbocycles. The number of aromatic nitrogens is 1. The summed E-state index contributed by atoms with van der Waals surface area (Å²) >= 11 is 0. The number of nitrogens with one attached hydrogen (secondary N) is 2. The Kier molecular flexibility index (Phi) is 3.55. The maximum absolute atomic E-state index is 14.2. The largest absolute Gasteiger partial charge is 0.483 e. The van der Waals surface area contributed by atoms with Crippen LogP contribution >= 0.6 is 0 Å². The quantitative estimate of drug-likeness (QED) is 0.680. The first-order chi connectivity index (χ1) is 16.1. The number of piperidine rings is 2. The third-order valence-corrected chi connectivity index (χ3v) is 9.39. The van der Waals surface area contributed by atoms with Crippen molar-refractivity contribution in [1.29, 1.82) is 0 Å². The highest BCUT2D eigenvalue weighted by Gasteiger charge is 2.76. The fourth-order valence-electron chi connectivity index (χ4n) is 7.84. The summed E-state index contributed by atoms with van der Waals surface area (Å²) in [5, 5.41) is 4.27. The number of piperazine rings is 1. The highest BCUT2D eigenvalue weighted by molar-refractivity contribution is 6.07. The number of hydrogen-bond donors (Lipinski definition) is 2. The van der Waals surface area contributed by atoms with Gasteiger partial charge in [0.1, 0.15) is 23.0 Å². The minimum atomic E-state index is -1.10. The number of aromatic amines is 1. The first-order valence-corrected chi connectivity index (χ1v) is 12.3. The number of rotatable bonds is 1. The van der Waals surface area contributed by atoms with Gasteiger partial charge < -0.3 is 24.7 Å². The molecule has 8 rings (SSSR count). The zero-order valence-electron chi connectivity index (χ0n) is 20.4. The second-order valence-corrected chi connectivity index (χ2v) is 11.9. The molecule has 2 aromatic rings. The summed E-state index contributed by atoms with van der Waals surface area (Å²) in [7, 11) is 1.65. The highest BCUT2D eigenvalue weighted by Crippen LogP contribution is 2.63. The first-order valence-electron chi connectivity index (χ1n) is 12.3. The lowest BCUT2D eigenvalue weighted by molar-refractivity contribution is -0.193. The van der Waals surface area contributed by atoms with Crippen LogP contribution in [0.4, 0.5) is 0 Å². The van der Waals surface area contributed by atoms with E-state index in [9.17, 15) is 9.59 Å². The second-order valence-electron chi connectivity index (χ2n) is 11.9. The Morgan fingerprint density at radius 3 is 2.74 bits per heavy atom. The van der Waals surface area contributed by atoms with Gasteiger partial charge in [-0.05, 0) is 57.4 Å². The molecule has 0 unspecified atom stereocenters. The first kappa shape index (κ1) is 20.6. The van der Waals surface area contributed by atoms with E-state index in [2.05, 4.69) is 42.4 Å². The molecule has 4 atom stereocenters. The number of carbonyl (C=O) groups excluding carboxylic acids is 2. The van der Waals surface area contributed by atoms with Gasteiger partial charge in [-0.2, -0.15) is 0 Å². The number of ether oxygens (including phenoxy) is 2. The lowest BCUT2D eigenvalue weighted by Crippen LogP contribution is -2.85. The van der Waals surface area contributed by atoms with Gasteiger partial charge in [0.15, 0.2) is 5.54 Å². The van der Waals surface area contributed by atoms with Crippen molar-refractivity contribution in [2.24, 2.45) is 5.92 Å². The van der Waals surface area contributed by atoms with E-state index in [1.165, 1.54) is 0 Å². The van der Waals surface area contributed by atoms with Gasteiger partial charge in [-0.25, -0.2) is 0 Å². The molecule has 34 heavy (non-hydrogen) atoms. The normalized spacial score (nSPS) is 36.0. The van der Waals surface area contributed by atoms with Crippen LogP contribution in [0.5, 0.6) is 5.75 Å². The van der Waals surface area contributed by atoms with Crippen molar-refractivity contribution < 1.29 is 19.1 Å². The molecule has 6 aliphatic rings. The number of H-pyrrole nitrogens is 1. The molecule has 178 valence electrons. The molecule has 5 aliphatic heterocycles. The molecule has 1 aliphatic carbocycles. The van der Waals surface area contributed by atoms with Gasteiger partial charge in [-0.3, -0.25) is 9.59 Å². The molecule has 4 saturated heterocycles. The summed E-state index contributed by atoms with van der Waals surface area (Å²) < 4.78 is 12.4. The van der Waals surface area contributed by atoms with Crippen LogP contribution in [-0.2, 0) is 19.7 Å². The van der Waals surface area contributed by atoms with E-state index in [-0.39, 0.29) is 28.7 Å². The minimum Gasteiger partial charge on any atom is -0.483 e. The predicted molar refractivity (Wildman–Crippen MR) is 127 cm³/mol. The Balaban J connectivity index is 1.51. The maximum atomic E-state index is 14.2. The predicted octanol–water partition coefficient (Wildman–Crippen LogP) is 3.58. The molecule has 2 N–H and O–H groups in total. The molecule has 2 spiro atoms.